The molecule has 0 aliphatic carbocycles. The van der Waals surface area contributed by atoms with Gasteiger partial charge in [-0.3, -0.25) is 4.55 Å². The van der Waals surface area contributed by atoms with E-state index in [1.807, 2.05) is 0 Å². The number of aromatic hydroxyl groups is 1. The number of phenols is 1. The minimum atomic E-state index is -4.44. The monoisotopic (exact) mass is 324 g/mol. The van der Waals surface area contributed by atoms with E-state index in [2.05, 4.69) is 17.5 Å². The zero-order valence-electron chi connectivity index (χ0n) is 10.6. The maximum atomic E-state index is 11.5. The Morgan fingerprint density at radius 2 is 1.67 bits per heavy atom. The first-order valence-electron chi connectivity index (χ1n) is 5.75. The fraction of sp³-hybridized carbons (Fsp3) is 0. The molecule has 5 N–H and O–H groups in total. The highest BCUT2D eigenvalue weighted by Crippen LogP contribution is 2.29. The number of phenolic OH excluding ortho intramolecular Hbond substituents is 1. The van der Waals surface area contributed by atoms with E-state index in [9.17, 15) is 18.1 Å². The number of thiocarbonyl (C=S) groups is 1. The highest BCUT2D eigenvalue weighted by molar-refractivity contribution is 7.86. The van der Waals surface area contributed by atoms with Crippen LogP contribution in [0.2, 0.25) is 0 Å². The summed E-state index contributed by atoms with van der Waals surface area (Å²) in [6.07, 6.45) is 0. The van der Waals surface area contributed by atoms with Crippen molar-refractivity contribution in [1.29, 1.82) is 0 Å². The number of nitrogens with two attached hydrogens (primary N) is 1. The van der Waals surface area contributed by atoms with Crippen molar-refractivity contribution in [1.82, 2.24) is 0 Å². The lowest BCUT2D eigenvalue weighted by Gasteiger charge is -2.11. The standard InChI is InChI=1S/C13H12N2O4S2/c14-13(20)15-11-6-3-9(7-12(11)21(17,18)19)8-1-4-10(16)5-2-8/h1-7,16H,(H3,14,15,20)(H,17,18,19). The van der Waals surface area contributed by atoms with E-state index in [1.165, 1.54) is 24.3 Å². The Hall–Kier alpha value is -2.16. The van der Waals surface area contributed by atoms with Crippen molar-refractivity contribution in [2.75, 3.05) is 5.32 Å². The van der Waals surface area contributed by atoms with Gasteiger partial charge in [0.1, 0.15) is 10.6 Å². The molecule has 0 saturated heterocycles. The van der Waals surface area contributed by atoms with Crippen molar-refractivity contribution >= 4 is 33.1 Å². The van der Waals surface area contributed by atoms with Gasteiger partial charge in [0.15, 0.2) is 5.11 Å². The molecule has 0 bridgehead atoms. The molecule has 0 amide bonds. The molecule has 0 saturated carbocycles. The van der Waals surface area contributed by atoms with Crippen LogP contribution in [0.3, 0.4) is 0 Å². The van der Waals surface area contributed by atoms with Crippen LogP contribution in [0.5, 0.6) is 5.75 Å². The van der Waals surface area contributed by atoms with Crippen LogP contribution < -0.4 is 11.1 Å². The van der Waals surface area contributed by atoms with E-state index in [4.69, 9.17) is 5.73 Å². The highest BCUT2D eigenvalue weighted by atomic mass is 32.2. The van der Waals surface area contributed by atoms with Crippen molar-refractivity contribution in [2.24, 2.45) is 5.73 Å². The third kappa shape index (κ3) is 3.69. The summed E-state index contributed by atoms with van der Waals surface area (Å²) >= 11 is 4.66. The quantitative estimate of drug-likeness (QED) is 0.504. The van der Waals surface area contributed by atoms with Crippen molar-refractivity contribution in [3.63, 3.8) is 0 Å². The summed E-state index contributed by atoms with van der Waals surface area (Å²) in [4.78, 5) is -0.333. The summed E-state index contributed by atoms with van der Waals surface area (Å²) in [5, 5.41) is 11.6. The molecule has 0 aliphatic heterocycles. The molecule has 6 nitrogen and oxygen atoms in total. The summed E-state index contributed by atoms with van der Waals surface area (Å²) in [6.45, 7) is 0. The van der Waals surface area contributed by atoms with Crippen molar-refractivity contribution in [2.45, 2.75) is 4.90 Å². The number of anilines is 1. The van der Waals surface area contributed by atoms with Crippen molar-refractivity contribution < 1.29 is 18.1 Å². The Labute approximate surface area is 127 Å². The largest absolute Gasteiger partial charge is 0.508 e. The van der Waals surface area contributed by atoms with E-state index in [0.717, 1.165) is 0 Å². The van der Waals surface area contributed by atoms with Crippen LogP contribution in [0.4, 0.5) is 5.69 Å². The number of rotatable bonds is 3. The summed E-state index contributed by atoms with van der Waals surface area (Å²) < 4.78 is 32.2. The third-order valence-electron chi connectivity index (χ3n) is 2.72. The second-order valence-corrected chi connectivity index (χ2v) is 6.05. The normalized spacial score (nSPS) is 11.1. The van der Waals surface area contributed by atoms with Crippen LogP contribution in [0.25, 0.3) is 11.1 Å². The van der Waals surface area contributed by atoms with Crippen LogP contribution in [0.15, 0.2) is 47.4 Å². The molecule has 21 heavy (non-hydrogen) atoms. The van der Waals surface area contributed by atoms with Crippen LogP contribution >= 0.6 is 12.2 Å². The molecule has 0 aromatic heterocycles. The Kier molecular flexibility index (Phi) is 4.12. The van der Waals surface area contributed by atoms with Crippen LogP contribution in [0, 0.1) is 0 Å². The molecule has 0 radical (unpaired) electrons. The minimum Gasteiger partial charge on any atom is -0.508 e. The van der Waals surface area contributed by atoms with Gasteiger partial charge in [0.05, 0.1) is 5.69 Å². The Balaban J connectivity index is 2.56. The van der Waals surface area contributed by atoms with E-state index in [0.29, 0.717) is 11.1 Å². The van der Waals surface area contributed by atoms with Gasteiger partial charge in [0.2, 0.25) is 0 Å². The summed E-state index contributed by atoms with van der Waals surface area (Å²) in [7, 11) is -4.44. The molecule has 0 unspecified atom stereocenters. The molecule has 8 heteroatoms. The number of benzene rings is 2. The maximum Gasteiger partial charge on any atom is 0.296 e. The number of hydrogen-bond donors (Lipinski definition) is 4. The Bertz CT molecular complexity index is 786. The molecular formula is C13H12N2O4S2. The van der Waals surface area contributed by atoms with E-state index < -0.39 is 10.1 Å². The highest BCUT2D eigenvalue weighted by Gasteiger charge is 2.17. The Morgan fingerprint density at radius 1 is 1.10 bits per heavy atom. The molecule has 0 heterocycles. The molecule has 0 atom stereocenters. The summed E-state index contributed by atoms with van der Waals surface area (Å²) in [6, 6.07) is 10.6. The molecule has 110 valence electrons. The fourth-order valence-corrected chi connectivity index (χ4v) is 2.59. The van der Waals surface area contributed by atoms with Crippen LogP contribution in [-0.4, -0.2) is 23.2 Å². The lowest BCUT2D eigenvalue weighted by Crippen LogP contribution is -2.20. The van der Waals surface area contributed by atoms with Crippen molar-refractivity contribution in [3.05, 3.63) is 42.5 Å². The van der Waals surface area contributed by atoms with Gasteiger partial charge in [-0.15, -0.1) is 0 Å². The van der Waals surface area contributed by atoms with Gasteiger partial charge < -0.3 is 16.2 Å². The van der Waals surface area contributed by atoms with Gasteiger partial charge in [0, 0.05) is 0 Å². The van der Waals surface area contributed by atoms with E-state index in [-0.39, 0.29) is 21.4 Å². The van der Waals surface area contributed by atoms with Crippen molar-refractivity contribution in [3.8, 4) is 16.9 Å². The zero-order chi connectivity index (χ0) is 15.6. The van der Waals surface area contributed by atoms with Gasteiger partial charge in [-0.05, 0) is 47.6 Å². The average molecular weight is 324 g/mol. The molecule has 0 spiro atoms. The second kappa shape index (κ2) is 5.68. The van der Waals surface area contributed by atoms with Gasteiger partial charge >= 0.3 is 0 Å². The topological polar surface area (TPSA) is 113 Å². The van der Waals surface area contributed by atoms with Gasteiger partial charge in [-0.2, -0.15) is 8.42 Å². The molecular weight excluding hydrogens is 312 g/mol. The lowest BCUT2D eigenvalue weighted by atomic mass is 10.1. The zero-order valence-corrected chi connectivity index (χ0v) is 12.3. The van der Waals surface area contributed by atoms with Gasteiger partial charge in [-0.1, -0.05) is 18.2 Å². The average Bonchev–Trinajstić information content (AvgIpc) is 2.38. The molecule has 2 aromatic rings. The summed E-state index contributed by atoms with van der Waals surface area (Å²) in [5.41, 5.74) is 6.64. The van der Waals surface area contributed by atoms with Gasteiger partial charge in [0.25, 0.3) is 10.1 Å². The Morgan fingerprint density at radius 3 is 2.19 bits per heavy atom. The van der Waals surface area contributed by atoms with Crippen LogP contribution in [-0.2, 0) is 10.1 Å². The smallest absolute Gasteiger partial charge is 0.296 e. The SMILES string of the molecule is NC(=S)Nc1ccc(-c2ccc(O)cc2)cc1S(=O)(=O)O. The molecule has 2 aromatic carbocycles. The fourth-order valence-electron chi connectivity index (χ4n) is 1.81. The first-order chi connectivity index (χ1) is 9.77. The second-order valence-electron chi connectivity index (χ2n) is 4.22. The number of nitrogens with one attached hydrogen (secondary N) is 1. The van der Waals surface area contributed by atoms with Gasteiger partial charge in [-0.25, -0.2) is 0 Å². The van der Waals surface area contributed by atoms with Crippen LogP contribution in [0.1, 0.15) is 0 Å². The maximum absolute atomic E-state index is 11.5. The minimum absolute atomic E-state index is 0.0903. The predicted octanol–water partition coefficient (Wildman–Crippen LogP) is 1.96. The van der Waals surface area contributed by atoms with E-state index in [1.54, 1.807) is 18.2 Å². The summed E-state index contributed by atoms with van der Waals surface area (Å²) in [5.74, 6) is 0.0977. The third-order valence-corrected chi connectivity index (χ3v) is 3.71. The lowest BCUT2D eigenvalue weighted by molar-refractivity contribution is 0.475. The molecule has 2 rings (SSSR count). The molecule has 0 aliphatic rings. The van der Waals surface area contributed by atoms with E-state index >= 15 is 0 Å². The predicted molar refractivity (Wildman–Crippen MR) is 83.8 cm³/mol. The first-order valence-corrected chi connectivity index (χ1v) is 7.59. The molecule has 0 fully saturated rings. The first kappa shape index (κ1) is 15.2. The number of hydrogen-bond acceptors (Lipinski definition) is 4.